The molecule has 0 amide bonds. The molecule has 1 heterocycles. The maximum atomic E-state index is 5.91. The van der Waals surface area contributed by atoms with E-state index in [0.717, 1.165) is 24.5 Å². The molecule has 19 heavy (non-hydrogen) atoms. The number of hydrogen-bond acceptors (Lipinski definition) is 3. The molecule has 102 valence electrons. The second kappa shape index (κ2) is 6.38. The van der Waals surface area contributed by atoms with Gasteiger partial charge in [-0.3, -0.25) is 0 Å². The van der Waals surface area contributed by atoms with Crippen LogP contribution in [0.2, 0.25) is 0 Å². The maximum absolute atomic E-state index is 5.91. The first kappa shape index (κ1) is 13.6. The summed E-state index contributed by atoms with van der Waals surface area (Å²) in [5, 5.41) is 3.34. The molecule has 0 atom stereocenters. The summed E-state index contributed by atoms with van der Waals surface area (Å²) in [7, 11) is 1.97. The molecule has 4 nitrogen and oxygen atoms in total. The molecule has 0 unspecified atom stereocenters. The van der Waals surface area contributed by atoms with E-state index in [-0.39, 0.29) is 0 Å². The van der Waals surface area contributed by atoms with Crippen LogP contribution in [0.5, 0.6) is 5.75 Å². The van der Waals surface area contributed by atoms with Gasteiger partial charge in [-0.1, -0.05) is 24.6 Å². The van der Waals surface area contributed by atoms with Gasteiger partial charge < -0.3 is 14.6 Å². The van der Waals surface area contributed by atoms with Crippen molar-refractivity contribution >= 4 is 0 Å². The molecule has 0 bridgehead atoms. The van der Waals surface area contributed by atoms with E-state index >= 15 is 0 Å². The Labute approximate surface area is 114 Å². The number of nitrogens with one attached hydrogen (secondary N) is 1. The molecule has 2 aromatic rings. The van der Waals surface area contributed by atoms with Crippen LogP contribution in [-0.2, 0) is 20.2 Å². The maximum Gasteiger partial charge on any atom is 0.130 e. The molecule has 0 fully saturated rings. The van der Waals surface area contributed by atoms with Crippen molar-refractivity contribution in [2.45, 2.75) is 27.0 Å². The Morgan fingerprint density at radius 2 is 2.21 bits per heavy atom. The fraction of sp³-hybridized carbons (Fsp3) is 0.400. The lowest BCUT2D eigenvalue weighted by molar-refractivity contribution is 0.293. The van der Waals surface area contributed by atoms with Crippen LogP contribution in [-0.4, -0.2) is 16.1 Å². The molecule has 0 saturated carbocycles. The predicted octanol–water partition coefficient (Wildman–Crippen LogP) is 2.42. The van der Waals surface area contributed by atoms with Gasteiger partial charge in [0.1, 0.15) is 12.4 Å². The van der Waals surface area contributed by atoms with Crippen molar-refractivity contribution in [1.29, 1.82) is 0 Å². The summed E-state index contributed by atoms with van der Waals surface area (Å²) >= 11 is 0. The van der Waals surface area contributed by atoms with E-state index in [2.05, 4.69) is 36.3 Å². The summed E-state index contributed by atoms with van der Waals surface area (Å²) in [6.07, 6.45) is 3.62. The average molecular weight is 259 g/mol. The predicted molar refractivity (Wildman–Crippen MR) is 76.1 cm³/mol. The highest BCUT2D eigenvalue weighted by atomic mass is 16.5. The van der Waals surface area contributed by atoms with Gasteiger partial charge in [-0.2, -0.15) is 0 Å². The van der Waals surface area contributed by atoms with Crippen molar-refractivity contribution in [1.82, 2.24) is 14.9 Å². The summed E-state index contributed by atoms with van der Waals surface area (Å²) < 4.78 is 7.88. The van der Waals surface area contributed by atoms with Crippen LogP contribution >= 0.6 is 0 Å². The quantitative estimate of drug-likeness (QED) is 0.866. The van der Waals surface area contributed by atoms with Gasteiger partial charge in [-0.25, -0.2) is 4.98 Å². The minimum atomic E-state index is 0.540. The number of aryl methyl sites for hydroxylation is 2. The molecule has 0 aliphatic carbocycles. The van der Waals surface area contributed by atoms with Crippen LogP contribution in [0.1, 0.15) is 23.7 Å². The summed E-state index contributed by atoms with van der Waals surface area (Å²) in [5.41, 5.74) is 3.51. The van der Waals surface area contributed by atoms with E-state index in [9.17, 15) is 0 Å². The van der Waals surface area contributed by atoms with Gasteiger partial charge in [0.15, 0.2) is 0 Å². The van der Waals surface area contributed by atoms with Crippen LogP contribution in [0.15, 0.2) is 30.7 Å². The second-order valence-electron chi connectivity index (χ2n) is 4.68. The van der Waals surface area contributed by atoms with Gasteiger partial charge in [0.05, 0.1) is 18.2 Å². The van der Waals surface area contributed by atoms with Crippen molar-refractivity contribution in [3.8, 4) is 5.75 Å². The topological polar surface area (TPSA) is 39.1 Å². The molecule has 0 aliphatic heterocycles. The van der Waals surface area contributed by atoms with Crippen LogP contribution < -0.4 is 10.1 Å². The van der Waals surface area contributed by atoms with Gasteiger partial charge in [0, 0.05) is 19.2 Å². The zero-order valence-electron chi connectivity index (χ0n) is 11.8. The molecule has 0 radical (unpaired) electrons. The number of hydrogen-bond donors (Lipinski definition) is 1. The number of ether oxygens (including phenoxy) is 1. The number of imidazole rings is 1. The Balaban J connectivity index is 2.08. The largest absolute Gasteiger partial charge is 0.487 e. The van der Waals surface area contributed by atoms with Gasteiger partial charge in [-0.15, -0.1) is 0 Å². The van der Waals surface area contributed by atoms with Crippen LogP contribution in [0.4, 0.5) is 0 Å². The molecule has 1 aromatic carbocycles. The average Bonchev–Trinajstić information content (AvgIpc) is 2.81. The SMILES string of the molecule is CCNCc1cc(C)ccc1OCc1cncn1C. The number of nitrogens with zero attached hydrogens (tertiary/aromatic N) is 2. The number of benzene rings is 1. The van der Waals surface area contributed by atoms with Gasteiger partial charge in [-0.05, 0) is 19.5 Å². The minimum absolute atomic E-state index is 0.540. The highest BCUT2D eigenvalue weighted by Crippen LogP contribution is 2.21. The summed E-state index contributed by atoms with van der Waals surface area (Å²) in [6.45, 7) is 6.53. The zero-order valence-corrected chi connectivity index (χ0v) is 11.8. The first-order chi connectivity index (χ1) is 9.20. The molecular weight excluding hydrogens is 238 g/mol. The monoisotopic (exact) mass is 259 g/mol. The van der Waals surface area contributed by atoms with E-state index in [4.69, 9.17) is 4.74 Å². The Morgan fingerprint density at radius 1 is 1.37 bits per heavy atom. The van der Waals surface area contributed by atoms with E-state index in [1.165, 1.54) is 11.1 Å². The summed E-state index contributed by atoms with van der Waals surface area (Å²) in [5.74, 6) is 0.938. The Hall–Kier alpha value is -1.81. The molecule has 1 N–H and O–H groups in total. The first-order valence-electron chi connectivity index (χ1n) is 6.59. The van der Waals surface area contributed by atoms with E-state index < -0.39 is 0 Å². The van der Waals surface area contributed by atoms with Crippen LogP contribution in [0.3, 0.4) is 0 Å². The molecule has 2 rings (SSSR count). The third kappa shape index (κ3) is 3.58. The Bertz CT molecular complexity index is 534. The van der Waals surface area contributed by atoms with Gasteiger partial charge >= 0.3 is 0 Å². The third-order valence-corrected chi connectivity index (χ3v) is 3.07. The number of rotatable bonds is 6. The van der Waals surface area contributed by atoms with Crippen molar-refractivity contribution in [2.24, 2.45) is 7.05 Å². The molecule has 0 saturated heterocycles. The highest BCUT2D eigenvalue weighted by Gasteiger charge is 2.05. The van der Waals surface area contributed by atoms with Gasteiger partial charge in [0.2, 0.25) is 0 Å². The van der Waals surface area contributed by atoms with Crippen molar-refractivity contribution in [3.63, 3.8) is 0 Å². The highest BCUT2D eigenvalue weighted by molar-refractivity contribution is 5.37. The standard InChI is InChI=1S/C15H21N3O/c1-4-16-8-13-7-12(2)5-6-15(13)19-10-14-9-17-11-18(14)3/h5-7,9,11,16H,4,8,10H2,1-3H3. The van der Waals surface area contributed by atoms with Crippen LogP contribution in [0, 0.1) is 6.92 Å². The number of aromatic nitrogens is 2. The van der Waals surface area contributed by atoms with E-state index in [1.807, 2.05) is 23.9 Å². The lowest BCUT2D eigenvalue weighted by Gasteiger charge is -2.13. The van der Waals surface area contributed by atoms with Crippen LogP contribution in [0.25, 0.3) is 0 Å². The summed E-state index contributed by atoms with van der Waals surface area (Å²) in [4.78, 5) is 4.09. The lowest BCUT2D eigenvalue weighted by atomic mass is 10.1. The third-order valence-electron chi connectivity index (χ3n) is 3.07. The molecule has 0 aliphatic rings. The normalized spacial score (nSPS) is 10.7. The fourth-order valence-corrected chi connectivity index (χ4v) is 1.92. The fourth-order valence-electron chi connectivity index (χ4n) is 1.92. The molecular formula is C15H21N3O. The zero-order chi connectivity index (χ0) is 13.7. The summed E-state index contributed by atoms with van der Waals surface area (Å²) in [6, 6.07) is 6.29. The molecule has 0 spiro atoms. The molecule has 4 heteroatoms. The first-order valence-corrected chi connectivity index (χ1v) is 6.59. The molecule has 1 aromatic heterocycles. The van der Waals surface area contributed by atoms with E-state index in [1.54, 1.807) is 6.33 Å². The minimum Gasteiger partial charge on any atom is -0.487 e. The smallest absolute Gasteiger partial charge is 0.130 e. The van der Waals surface area contributed by atoms with Crippen molar-refractivity contribution in [3.05, 3.63) is 47.5 Å². The van der Waals surface area contributed by atoms with Crippen molar-refractivity contribution < 1.29 is 4.74 Å². The van der Waals surface area contributed by atoms with Crippen molar-refractivity contribution in [2.75, 3.05) is 6.54 Å². The second-order valence-corrected chi connectivity index (χ2v) is 4.68. The Morgan fingerprint density at radius 3 is 2.89 bits per heavy atom. The lowest BCUT2D eigenvalue weighted by Crippen LogP contribution is -2.13. The Kier molecular flexibility index (Phi) is 4.58. The van der Waals surface area contributed by atoms with E-state index in [0.29, 0.717) is 6.61 Å². The van der Waals surface area contributed by atoms with Gasteiger partial charge in [0.25, 0.3) is 0 Å².